The highest BCUT2D eigenvalue weighted by Gasteiger charge is 2.03. The molecule has 2 heterocycles. The van der Waals surface area contributed by atoms with Gasteiger partial charge < -0.3 is 10.4 Å². The van der Waals surface area contributed by atoms with E-state index in [2.05, 4.69) is 29.4 Å². The van der Waals surface area contributed by atoms with Gasteiger partial charge in [-0.15, -0.1) is 11.3 Å². The number of aromatic nitrogens is 1. The minimum Gasteiger partial charge on any atom is -0.478 e. The molecule has 0 aliphatic heterocycles. The molecule has 0 unspecified atom stereocenters. The largest absolute Gasteiger partial charge is 0.478 e. The third kappa shape index (κ3) is 3.07. The first-order valence-electron chi connectivity index (χ1n) is 5.70. The van der Waals surface area contributed by atoms with Gasteiger partial charge in [-0.25, -0.2) is 9.78 Å². The van der Waals surface area contributed by atoms with Crippen LogP contribution in [0.4, 0.5) is 5.82 Å². The Kier molecular flexibility index (Phi) is 3.94. The number of hydrogen-bond donors (Lipinski definition) is 2. The molecular weight excluding hydrogens is 248 g/mol. The Hall–Kier alpha value is -1.88. The highest BCUT2D eigenvalue weighted by Crippen LogP contribution is 2.18. The van der Waals surface area contributed by atoms with Crippen molar-refractivity contribution in [3.8, 4) is 0 Å². The number of anilines is 1. The number of aromatic carboxylic acids is 1. The first kappa shape index (κ1) is 12.6. The van der Waals surface area contributed by atoms with Crippen LogP contribution in [-0.4, -0.2) is 16.1 Å². The summed E-state index contributed by atoms with van der Waals surface area (Å²) in [5.74, 6) is -0.272. The molecule has 0 radical (unpaired) electrons. The van der Waals surface area contributed by atoms with Crippen molar-refractivity contribution in [1.82, 2.24) is 4.98 Å². The van der Waals surface area contributed by atoms with Crippen LogP contribution in [0.5, 0.6) is 0 Å². The summed E-state index contributed by atoms with van der Waals surface area (Å²) < 4.78 is 0. The Morgan fingerprint density at radius 1 is 1.33 bits per heavy atom. The van der Waals surface area contributed by atoms with Gasteiger partial charge in [0.1, 0.15) is 5.82 Å². The number of pyridine rings is 1. The fourth-order valence-corrected chi connectivity index (χ4v) is 2.41. The summed E-state index contributed by atoms with van der Waals surface area (Å²) in [7, 11) is 0. The molecule has 2 N–H and O–H groups in total. The number of carbonyl (C=O) groups is 1. The molecule has 18 heavy (non-hydrogen) atoms. The second kappa shape index (κ2) is 5.64. The number of nitrogens with one attached hydrogen (secondary N) is 1. The van der Waals surface area contributed by atoms with Crippen LogP contribution in [0.25, 0.3) is 0 Å². The van der Waals surface area contributed by atoms with Gasteiger partial charge in [0.25, 0.3) is 0 Å². The SMILES string of the molecule is CCc1ccc(CNc2ccc(C(=O)O)cn2)s1. The topological polar surface area (TPSA) is 62.2 Å². The minimum absolute atomic E-state index is 0.199. The standard InChI is InChI=1S/C13H14N2O2S/c1-2-10-4-5-11(18-10)8-15-12-6-3-9(7-14-12)13(16)17/h3-7H,2,8H2,1H3,(H,14,15)(H,16,17). The van der Waals surface area contributed by atoms with Crippen LogP contribution in [0.2, 0.25) is 0 Å². The van der Waals surface area contributed by atoms with E-state index in [0.29, 0.717) is 12.4 Å². The molecule has 0 aromatic carbocycles. The zero-order chi connectivity index (χ0) is 13.0. The summed E-state index contributed by atoms with van der Waals surface area (Å²) in [5, 5.41) is 11.9. The summed E-state index contributed by atoms with van der Waals surface area (Å²) in [5.41, 5.74) is 0.199. The van der Waals surface area contributed by atoms with Crippen molar-refractivity contribution in [3.63, 3.8) is 0 Å². The van der Waals surface area contributed by atoms with E-state index in [4.69, 9.17) is 5.11 Å². The van der Waals surface area contributed by atoms with Crippen LogP contribution in [0.3, 0.4) is 0 Å². The van der Waals surface area contributed by atoms with Crippen molar-refractivity contribution in [1.29, 1.82) is 0 Å². The number of nitrogens with zero attached hydrogens (tertiary/aromatic N) is 1. The summed E-state index contributed by atoms with van der Waals surface area (Å²) in [6.07, 6.45) is 2.41. The van der Waals surface area contributed by atoms with Gasteiger partial charge in [-0.2, -0.15) is 0 Å². The average Bonchev–Trinajstić information content (AvgIpc) is 2.85. The molecule has 0 aliphatic carbocycles. The molecule has 0 spiro atoms. The third-order valence-corrected chi connectivity index (χ3v) is 3.75. The molecule has 0 amide bonds. The highest BCUT2D eigenvalue weighted by molar-refractivity contribution is 7.12. The third-order valence-electron chi connectivity index (χ3n) is 2.52. The van der Waals surface area contributed by atoms with Gasteiger partial charge in [0, 0.05) is 16.0 Å². The van der Waals surface area contributed by atoms with E-state index in [9.17, 15) is 4.79 Å². The van der Waals surface area contributed by atoms with Crippen molar-refractivity contribution in [2.24, 2.45) is 0 Å². The number of carboxylic acid groups (broad SMARTS) is 1. The maximum atomic E-state index is 10.7. The van der Waals surface area contributed by atoms with Gasteiger partial charge in [-0.1, -0.05) is 6.92 Å². The molecule has 4 nitrogen and oxygen atoms in total. The van der Waals surface area contributed by atoms with E-state index in [-0.39, 0.29) is 5.56 Å². The maximum absolute atomic E-state index is 10.7. The van der Waals surface area contributed by atoms with E-state index >= 15 is 0 Å². The Labute approximate surface area is 109 Å². The lowest BCUT2D eigenvalue weighted by Gasteiger charge is -2.03. The van der Waals surface area contributed by atoms with Gasteiger partial charge >= 0.3 is 5.97 Å². The molecule has 5 heteroatoms. The molecule has 0 fully saturated rings. The first-order valence-corrected chi connectivity index (χ1v) is 6.51. The summed E-state index contributed by atoms with van der Waals surface area (Å²) in [6, 6.07) is 7.45. The lowest BCUT2D eigenvalue weighted by molar-refractivity contribution is 0.0696. The first-order chi connectivity index (χ1) is 8.69. The summed E-state index contributed by atoms with van der Waals surface area (Å²) in [6.45, 7) is 2.85. The molecule has 0 saturated heterocycles. The normalized spacial score (nSPS) is 10.3. The van der Waals surface area contributed by atoms with Crippen molar-refractivity contribution in [2.75, 3.05) is 5.32 Å². The molecule has 2 rings (SSSR count). The fourth-order valence-electron chi connectivity index (χ4n) is 1.51. The van der Waals surface area contributed by atoms with E-state index in [1.54, 1.807) is 23.5 Å². The van der Waals surface area contributed by atoms with Crippen molar-refractivity contribution < 1.29 is 9.90 Å². The highest BCUT2D eigenvalue weighted by atomic mass is 32.1. The van der Waals surface area contributed by atoms with Gasteiger partial charge in [0.15, 0.2) is 0 Å². The predicted molar refractivity (Wildman–Crippen MR) is 72.2 cm³/mol. The average molecular weight is 262 g/mol. The molecule has 94 valence electrons. The number of carboxylic acids is 1. The second-order valence-corrected chi connectivity index (χ2v) is 5.07. The van der Waals surface area contributed by atoms with Crippen molar-refractivity contribution >= 4 is 23.1 Å². The molecule has 0 aliphatic rings. The Bertz CT molecular complexity index is 534. The van der Waals surface area contributed by atoms with Gasteiger partial charge in [-0.05, 0) is 30.7 Å². The zero-order valence-corrected chi connectivity index (χ0v) is 10.8. The van der Waals surface area contributed by atoms with Crippen LogP contribution < -0.4 is 5.32 Å². The van der Waals surface area contributed by atoms with Gasteiger partial charge in [0.2, 0.25) is 0 Å². The predicted octanol–water partition coefficient (Wildman–Crippen LogP) is 3.02. The van der Waals surface area contributed by atoms with E-state index in [1.807, 2.05) is 0 Å². The quantitative estimate of drug-likeness (QED) is 0.869. The van der Waals surface area contributed by atoms with Gasteiger partial charge in [0.05, 0.1) is 12.1 Å². The minimum atomic E-state index is -0.958. The Morgan fingerprint density at radius 3 is 2.67 bits per heavy atom. The molecule has 2 aromatic heterocycles. The maximum Gasteiger partial charge on any atom is 0.337 e. The lowest BCUT2D eigenvalue weighted by atomic mass is 10.3. The fraction of sp³-hybridized carbons (Fsp3) is 0.231. The molecule has 2 aromatic rings. The molecule has 0 saturated carbocycles. The van der Waals surface area contributed by atoms with Crippen molar-refractivity contribution in [3.05, 3.63) is 45.8 Å². The van der Waals surface area contributed by atoms with Crippen molar-refractivity contribution in [2.45, 2.75) is 19.9 Å². The Morgan fingerprint density at radius 2 is 2.11 bits per heavy atom. The second-order valence-electron chi connectivity index (χ2n) is 3.81. The zero-order valence-electron chi connectivity index (χ0n) is 10.0. The van der Waals surface area contributed by atoms with Crippen LogP contribution in [0.15, 0.2) is 30.5 Å². The van der Waals surface area contributed by atoms with E-state index in [1.165, 1.54) is 16.0 Å². The lowest BCUT2D eigenvalue weighted by Crippen LogP contribution is -2.02. The summed E-state index contributed by atoms with van der Waals surface area (Å²) in [4.78, 5) is 17.3. The molecular formula is C13H14N2O2S. The van der Waals surface area contributed by atoms with Crippen LogP contribution in [0.1, 0.15) is 27.0 Å². The smallest absolute Gasteiger partial charge is 0.337 e. The Balaban J connectivity index is 1.95. The monoisotopic (exact) mass is 262 g/mol. The molecule has 0 bridgehead atoms. The summed E-state index contributed by atoms with van der Waals surface area (Å²) >= 11 is 1.78. The number of hydrogen-bond acceptors (Lipinski definition) is 4. The van der Waals surface area contributed by atoms with Crippen LogP contribution >= 0.6 is 11.3 Å². The van der Waals surface area contributed by atoms with Crippen LogP contribution in [-0.2, 0) is 13.0 Å². The number of aryl methyl sites for hydroxylation is 1. The van der Waals surface area contributed by atoms with E-state index in [0.717, 1.165) is 6.42 Å². The molecule has 0 atom stereocenters. The van der Waals surface area contributed by atoms with E-state index < -0.39 is 5.97 Å². The number of rotatable bonds is 5. The number of thiophene rings is 1. The van der Waals surface area contributed by atoms with Crippen LogP contribution in [0, 0.1) is 0 Å². The van der Waals surface area contributed by atoms with Gasteiger partial charge in [-0.3, -0.25) is 0 Å².